The van der Waals surface area contributed by atoms with E-state index in [9.17, 15) is 0 Å². The van der Waals surface area contributed by atoms with Gasteiger partial charge in [0.25, 0.3) is 0 Å². The third kappa shape index (κ3) is 3.76. The first-order valence-electron chi connectivity index (χ1n) is 6.34. The molecule has 1 aromatic rings. The number of nitrogens with one attached hydrogen (secondary N) is 1. The molecule has 3 N–H and O–H groups in total. The average molecular weight is 313 g/mol. The molecule has 0 saturated carbocycles. The summed E-state index contributed by atoms with van der Waals surface area (Å²) >= 11 is 3.45. The second-order valence-electron chi connectivity index (χ2n) is 4.76. The van der Waals surface area contributed by atoms with Crippen molar-refractivity contribution >= 4 is 15.9 Å². The third-order valence-corrected chi connectivity index (χ3v) is 3.88. The number of hydrogen-bond acceptors (Lipinski definition) is 4. The highest BCUT2D eigenvalue weighted by Gasteiger charge is 2.17. The molecule has 18 heavy (non-hydrogen) atoms. The fourth-order valence-electron chi connectivity index (χ4n) is 2.11. The van der Waals surface area contributed by atoms with Crippen LogP contribution >= 0.6 is 15.9 Å². The average Bonchev–Trinajstić information content (AvgIpc) is 2.39. The molecule has 1 aliphatic rings. The van der Waals surface area contributed by atoms with Crippen LogP contribution < -0.4 is 11.2 Å². The fraction of sp³-hybridized carbons (Fsp3) is 0.538. The standard InChI is InChI=1S/C13H21BrN4/c1-17-6-8-18(9-7-17)16-13(10-15)11-2-4-12(14)5-3-11/h2-5,13,16H,6-10,15H2,1H3. The molecule has 0 aliphatic carbocycles. The van der Waals surface area contributed by atoms with Crippen LogP contribution in [0.2, 0.25) is 0 Å². The summed E-state index contributed by atoms with van der Waals surface area (Å²) in [6.07, 6.45) is 0. The lowest BCUT2D eigenvalue weighted by atomic mass is 10.1. The molecule has 2 rings (SSSR count). The van der Waals surface area contributed by atoms with Crippen molar-refractivity contribution in [2.45, 2.75) is 6.04 Å². The number of nitrogens with zero attached hydrogens (tertiary/aromatic N) is 2. The highest BCUT2D eigenvalue weighted by molar-refractivity contribution is 9.10. The van der Waals surface area contributed by atoms with Crippen LogP contribution in [0.4, 0.5) is 0 Å². The van der Waals surface area contributed by atoms with E-state index in [0.717, 1.165) is 30.7 Å². The van der Waals surface area contributed by atoms with Crippen molar-refractivity contribution in [3.8, 4) is 0 Å². The number of halogens is 1. The lowest BCUT2D eigenvalue weighted by molar-refractivity contribution is 0.0880. The highest BCUT2D eigenvalue weighted by atomic mass is 79.9. The van der Waals surface area contributed by atoms with Crippen LogP contribution in [0.15, 0.2) is 28.7 Å². The lowest BCUT2D eigenvalue weighted by Crippen LogP contribution is -2.52. The molecule has 0 bridgehead atoms. The maximum atomic E-state index is 5.88. The van der Waals surface area contributed by atoms with E-state index in [4.69, 9.17) is 5.73 Å². The number of benzene rings is 1. The Bertz CT molecular complexity index is 360. The Labute approximate surface area is 117 Å². The molecule has 1 unspecified atom stereocenters. The van der Waals surface area contributed by atoms with Gasteiger partial charge in [-0.25, -0.2) is 10.4 Å². The van der Waals surface area contributed by atoms with Crippen molar-refractivity contribution in [3.05, 3.63) is 34.3 Å². The molecule has 1 atom stereocenters. The van der Waals surface area contributed by atoms with Crippen LogP contribution in [0.25, 0.3) is 0 Å². The molecule has 5 heteroatoms. The van der Waals surface area contributed by atoms with Crippen LogP contribution in [0.3, 0.4) is 0 Å². The first-order valence-corrected chi connectivity index (χ1v) is 7.13. The minimum Gasteiger partial charge on any atom is -0.329 e. The fourth-order valence-corrected chi connectivity index (χ4v) is 2.38. The predicted octanol–water partition coefficient (Wildman–Crippen LogP) is 1.20. The zero-order valence-corrected chi connectivity index (χ0v) is 12.4. The molecule has 1 aromatic carbocycles. The monoisotopic (exact) mass is 312 g/mol. The van der Waals surface area contributed by atoms with Gasteiger partial charge in [0, 0.05) is 37.2 Å². The second kappa shape index (κ2) is 6.63. The van der Waals surface area contributed by atoms with E-state index in [-0.39, 0.29) is 6.04 Å². The van der Waals surface area contributed by atoms with Gasteiger partial charge in [-0.1, -0.05) is 28.1 Å². The SMILES string of the molecule is CN1CCN(NC(CN)c2ccc(Br)cc2)CC1. The van der Waals surface area contributed by atoms with Gasteiger partial charge in [0.1, 0.15) is 0 Å². The first kappa shape index (κ1) is 14.0. The molecule has 1 saturated heterocycles. The molecule has 1 heterocycles. The van der Waals surface area contributed by atoms with Gasteiger partial charge in [0.2, 0.25) is 0 Å². The van der Waals surface area contributed by atoms with E-state index < -0.39 is 0 Å². The summed E-state index contributed by atoms with van der Waals surface area (Å²) < 4.78 is 1.10. The molecule has 1 fully saturated rings. The van der Waals surface area contributed by atoms with Gasteiger partial charge in [-0.3, -0.25) is 0 Å². The zero-order chi connectivity index (χ0) is 13.0. The first-order chi connectivity index (χ1) is 8.69. The predicted molar refractivity (Wildman–Crippen MR) is 78.1 cm³/mol. The normalized spacial score (nSPS) is 19.9. The summed E-state index contributed by atoms with van der Waals surface area (Å²) in [6, 6.07) is 8.55. The molecule has 4 nitrogen and oxygen atoms in total. The minimum absolute atomic E-state index is 0.196. The number of hydrazine groups is 1. The molecule has 0 radical (unpaired) electrons. The van der Waals surface area contributed by atoms with E-state index >= 15 is 0 Å². The van der Waals surface area contributed by atoms with Crippen molar-refractivity contribution in [2.75, 3.05) is 39.8 Å². The van der Waals surface area contributed by atoms with Gasteiger partial charge in [-0.05, 0) is 24.7 Å². The Hall–Kier alpha value is -0.460. The van der Waals surface area contributed by atoms with Crippen LogP contribution in [-0.4, -0.2) is 49.7 Å². The van der Waals surface area contributed by atoms with Crippen LogP contribution in [0, 0.1) is 0 Å². The summed E-state index contributed by atoms with van der Waals surface area (Å²) in [5.41, 5.74) is 10.6. The minimum atomic E-state index is 0.196. The molecule has 100 valence electrons. The Balaban J connectivity index is 1.94. The largest absolute Gasteiger partial charge is 0.329 e. The molecule has 0 spiro atoms. The summed E-state index contributed by atoms with van der Waals surface area (Å²) in [5.74, 6) is 0. The lowest BCUT2D eigenvalue weighted by Gasteiger charge is -2.35. The van der Waals surface area contributed by atoms with Crippen molar-refractivity contribution in [2.24, 2.45) is 5.73 Å². The number of piperazine rings is 1. The van der Waals surface area contributed by atoms with Gasteiger partial charge in [0.05, 0.1) is 6.04 Å². The van der Waals surface area contributed by atoms with Gasteiger partial charge in [-0.2, -0.15) is 0 Å². The third-order valence-electron chi connectivity index (χ3n) is 3.35. The molecule has 0 amide bonds. The Kier molecular flexibility index (Phi) is 5.14. The Morgan fingerprint density at radius 1 is 1.22 bits per heavy atom. The van der Waals surface area contributed by atoms with Crippen LogP contribution in [0.5, 0.6) is 0 Å². The summed E-state index contributed by atoms with van der Waals surface area (Å²) in [4.78, 5) is 2.34. The Morgan fingerprint density at radius 2 is 1.83 bits per heavy atom. The van der Waals surface area contributed by atoms with Crippen molar-refractivity contribution in [3.63, 3.8) is 0 Å². The van der Waals surface area contributed by atoms with E-state index in [1.165, 1.54) is 5.56 Å². The molecular formula is C13H21BrN4. The molecular weight excluding hydrogens is 292 g/mol. The topological polar surface area (TPSA) is 44.5 Å². The maximum Gasteiger partial charge on any atom is 0.0587 e. The zero-order valence-electron chi connectivity index (χ0n) is 10.8. The number of rotatable bonds is 4. The van der Waals surface area contributed by atoms with Gasteiger partial charge in [-0.15, -0.1) is 0 Å². The quantitative estimate of drug-likeness (QED) is 0.877. The van der Waals surface area contributed by atoms with E-state index in [1.807, 2.05) is 0 Å². The smallest absolute Gasteiger partial charge is 0.0587 e. The number of nitrogens with two attached hydrogens (primary N) is 1. The van der Waals surface area contributed by atoms with Crippen LogP contribution in [-0.2, 0) is 0 Å². The van der Waals surface area contributed by atoms with Gasteiger partial charge >= 0.3 is 0 Å². The number of likely N-dealkylation sites (N-methyl/N-ethyl adjacent to an activating group) is 1. The summed E-state index contributed by atoms with van der Waals surface area (Å²) in [6.45, 7) is 4.90. The second-order valence-corrected chi connectivity index (χ2v) is 5.67. The Morgan fingerprint density at radius 3 is 2.39 bits per heavy atom. The van der Waals surface area contributed by atoms with Crippen molar-refractivity contribution < 1.29 is 0 Å². The summed E-state index contributed by atoms with van der Waals surface area (Å²) in [5, 5.41) is 2.28. The van der Waals surface area contributed by atoms with Gasteiger partial charge < -0.3 is 10.6 Å². The number of hydrogen-bond donors (Lipinski definition) is 2. The highest BCUT2D eigenvalue weighted by Crippen LogP contribution is 2.16. The maximum absolute atomic E-state index is 5.88. The summed E-state index contributed by atoms with van der Waals surface area (Å²) in [7, 11) is 2.16. The van der Waals surface area contributed by atoms with E-state index in [1.54, 1.807) is 0 Å². The molecule has 1 aliphatic heterocycles. The molecule has 0 aromatic heterocycles. The van der Waals surface area contributed by atoms with Crippen molar-refractivity contribution in [1.82, 2.24) is 15.3 Å². The van der Waals surface area contributed by atoms with Gasteiger partial charge in [0.15, 0.2) is 0 Å². The van der Waals surface area contributed by atoms with Crippen molar-refractivity contribution in [1.29, 1.82) is 0 Å². The van der Waals surface area contributed by atoms with E-state index in [2.05, 4.69) is 62.6 Å². The van der Waals surface area contributed by atoms with E-state index in [0.29, 0.717) is 6.54 Å². The van der Waals surface area contributed by atoms with Crippen LogP contribution in [0.1, 0.15) is 11.6 Å².